The van der Waals surface area contributed by atoms with Gasteiger partial charge in [0, 0.05) is 18.7 Å². The first-order valence-electron chi connectivity index (χ1n) is 5.27. The first-order valence-corrected chi connectivity index (χ1v) is 5.27. The summed E-state index contributed by atoms with van der Waals surface area (Å²) in [5.74, 6) is 0.0145. The van der Waals surface area contributed by atoms with E-state index in [1.54, 1.807) is 13.0 Å². The zero-order valence-electron chi connectivity index (χ0n) is 9.58. The van der Waals surface area contributed by atoms with Crippen molar-refractivity contribution in [2.45, 2.75) is 13.5 Å². The van der Waals surface area contributed by atoms with E-state index in [9.17, 15) is 14.9 Å². The first-order chi connectivity index (χ1) is 8.61. The molecule has 0 radical (unpaired) electrons. The standard InChI is InChI=1S/C10H11N5O3/c1-2-14-6-7(15(17)18)5-8(14)10(16)12-9-3-4-11-13-9/h3-6H,2H2,1H3,(H2,11,12,13,16). The zero-order valence-corrected chi connectivity index (χ0v) is 9.58. The maximum Gasteiger partial charge on any atom is 0.287 e. The Morgan fingerprint density at radius 1 is 1.67 bits per heavy atom. The van der Waals surface area contributed by atoms with E-state index in [4.69, 9.17) is 0 Å². The van der Waals surface area contributed by atoms with E-state index in [2.05, 4.69) is 15.5 Å². The molecule has 0 atom stereocenters. The molecule has 0 aliphatic rings. The van der Waals surface area contributed by atoms with E-state index >= 15 is 0 Å². The number of anilines is 1. The molecule has 0 bridgehead atoms. The second-order valence-electron chi connectivity index (χ2n) is 3.55. The lowest BCUT2D eigenvalue weighted by atomic mass is 10.3. The van der Waals surface area contributed by atoms with Crippen LogP contribution in [0.3, 0.4) is 0 Å². The van der Waals surface area contributed by atoms with Gasteiger partial charge in [-0.15, -0.1) is 0 Å². The van der Waals surface area contributed by atoms with Crippen molar-refractivity contribution in [3.63, 3.8) is 0 Å². The van der Waals surface area contributed by atoms with Gasteiger partial charge in [0.15, 0.2) is 0 Å². The van der Waals surface area contributed by atoms with Crippen molar-refractivity contribution in [3.05, 3.63) is 40.3 Å². The topological polar surface area (TPSA) is 106 Å². The summed E-state index contributed by atoms with van der Waals surface area (Å²) in [6, 6.07) is 2.83. The summed E-state index contributed by atoms with van der Waals surface area (Å²) in [4.78, 5) is 22.1. The number of nitro groups is 1. The summed E-state index contributed by atoms with van der Waals surface area (Å²) in [6.45, 7) is 2.27. The highest BCUT2D eigenvalue weighted by Gasteiger charge is 2.18. The zero-order chi connectivity index (χ0) is 13.1. The molecular weight excluding hydrogens is 238 g/mol. The minimum atomic E-state index is -0.529. The van der Waals surface area contributed by atoms with E-state index in [1.165, 1.54) is 23.0 Å². The molecule has 0 spiro atoms. The Balaban J connectivity index is 2.26. The van der Waals surface area contributed by atoms with E-state index in [1.807, 2.05) is 0 Å². The number of hydrogen-bond acceptors (Lipinski definition) is 4. The van der Waals surface area contributed by atoms with Crippen molar-refractivity contribution in [2.75, 3.05) is 5.32 Å². The largest absolute Gasteiger partial charge is 0.337 e. The van der Waals surface area contributed by atoms with Crippen LogP contribution in [-0.4, -0.2) is 25.6 Å². The molecule has 0 aromatic carbocycles. The maximum absolute atomic E-state index is 11.9. The highest BCUT2D eigenvalue weighted by atomic mass is 16.6. The van der Waals surface area contributed by atoms with Crippen LogP contribution in [0.25, 0.3) is 0 Å². The fourth-order valence-electron chi connectivity index (χ4n) is 1.56. The molecule has 8 heteroatoms. The van der Waals surface area contributed by atoms with Crippen LogP contribution in [-0.2, 0) is 6.54 Å². The number of aromatic amines is 1. The maximum atomic E-state index is 11.9. The monoisotopic (exact) mass is 249 g/mol. The van der Waals surface area contributed by atoms with Gasteiger partial charge < -0.3 is 9.88 Å². The number of aromatic nitrogens is 3. The van der Waals surface area contributed by atoms with Crippen molar-refractivity contribution in [3.8, 4) is 0 Å². The predicted octanol–water partition coefficient (Wildman–Crippen LogP) is 1.39. The fourth-order valence-corrected chi connectivity index (χ4v) is 1.56. The number of H-pyrrole nitrogens is 1. The van der Waals surface area contributed by atoms with Gasteiger partial charge in [-0.25, -0.2) is 0 Å². The summed E-state index contributed by atoms with van der Waals surface area (Å²) in [7, 11) is 0. The molecule has 0 aliphatic carbocycles. The van der Waals surface area contributed by atoms with E-state index in [0.29, 0.717) is 12.4 Å². The molecule has 2 aromatic heterocycles. The molecule has 2 heterocycles. The highest BCUT2D eigenvalue weighted by Crippen LogP contribution is 2.17. The highest BCUT2D eigenvalue weighted by molar-refractivity contribution is 6.03. The molecule has 2 aromatic rings. The van der Waals surface area contributed by atoms with Gasteiger partial charge in [-0.05, 0) is 6.92 Å². The summed E-state index contributed by atoms with van der Waals surface area (Å²) in [6.07, 6.45) is 2.83. The Morgan fingerprint density at radius 3 is 3.00 bits per heavy atom. The SMILES string of the molecule is CCn1cc([N+](=O)[O-])cc1C(=O)Nc1ccn[nH]1. The van der Waals surface area contributed by atoms with Gasteiger partial charge in [0.2, 0.25) is 0 Å². The van der Waals surface area contributed by atoms with Crippen LogP contribution in [0.1, 0.15) is 17.4 Å². The number of amides is 1. The lowest BCUT2D eigenvalue weighted by Crippen LogP contribution is -2.16. The van der Waals surface area contributed by atoms with Crippen LogP contribution in [0, 0.1) is 10.1 Å². The molecule has 8 nitrogen and oxygen atoms in total. The van der Waals surface area contributed by atoms with Gasteiger partial charge in [0.05, 0.1) is 17.3 Å². The second-order valence-corrected chi connectivity index (χ2v) is 3.55. The summed E-state index contributed by atoms with van der Waals surface area (Å²) in [5, 5.41) is 19.5. The van der Waals surface area contributed by atoms with Crippen LogP contribution < -0.4 is 5.32 Å². The second kappa shape index (κ2) is 4.70. The molecular formula is C10H11N5O3. The van der Waals surface area contributed by atoms with Crippen molar-refractivity contribution in [1.29, 1.82) is 0 Å². The van der Waals surface area contributed by atoms with Crippen molar-refractivity contribution < 1.29 is 9.72 Å². The van der Waals surface area contributed by atoms with Crippen LogP contribution in [0.4, 0.5) is 11.5 Å². The molecule has 0 unspecified atom stereocenters. The molecule has 0 fully saturated rings. The van der Waals surface area contributed by atoms with Gasteiger partial charge in [-0.2, -0.15) is 5.10 Å². The Morgan fingerprint density at radius 2 is 2.44 bits per heavy atom. The number of carbonyl (C=O) groups excluding carboxylic acids is 1. The Kier molecular flexibility index (Phi) is 3.09. The van der Waals surface area contributed by atoms with E-state index in [-0.39, 0.29) is 11.4 Å². The lowest BCUT2D eigenvalue weighted by Gasteiger charge is -2.04. The number of rotatable bonds is 4. The third-order valence-electron chi connectivity index (χ3n) is 2.42. The van der Waals surface area contributed by atoms with Crippen LogP contribution in [0.2, 0.25) is 0 Å². The van der Waals surface area contributed by atoms with E-state index in [0.717, 1.165) is 0 Å². The third-order valence-corrected chi connectivity index (χ3v) is 2.42. The molecule has 0 saturated heterocycles. The lowest BCUT2D eigenvalue weighted by molar-refractivity contribution is -0.384. The minimum absolute atomic E-state index is 0.105. The number of aryl methyl sites for hydroxylation is 1. The summed E-state index contributed by atoms with van der Waals surface area (Å²) >= 11 is 0. The fraction of sp³-hybridized carbons (Fsp3) is 0.200. The van der Waals surface area contributed by atoms with E-state index < -0.39 is 10.8 Å². The normalized spacial score (nSPS) is 10.3. The van der Waals surface area contributed by atoms with Crippen molar-refractivity contribution in [1.82, 2.24) is 14.8 Å². The Bertz CT molecular complexity index is 572. The third kappa shape index (κ3) is 2.21. The summed E-state index contributed by atoms with van der Waals surface area (Å²) in [5.41, 5.74) is 0.130. The number of hydrogen-bond donors (Lipinski definition) is 2. The number of nitrogens with zero attached hydrogens (tertiary/aromatic N) is 3. The van der Waals surface area contributed by atoms with Gasteiger partial charge in [-0.3, -0.25) is 20.0 Å². The first kappa shape index (κ1) is 11.8. The van der Waals surface area contributed by atoms with Crippen LogP contribution >= 0.6 is 0 Å². The van der Waals surface area contributed by atoms with Gasteiger partial charge in [0.25, 0.3) is 11.6 Å². The van der Waals surface area contributed by atoms with Crippen LogP contribution in [0.5, 0.6) is 0 Å². The Labute approximate surface area is 102 Å². The number of nitrogens with one attached hydrogen (secondary N) is 2. The van der Waals surface area contributed by atoms with Gasteiger partial charge in [-0.1, -0.05) is 0 Å². The van der Waals surface area contributed by atoms with Crippen molar-refractivity contribution >= 4 is 17.4 Å². The average Bonchev–Trinajstić information content (AvgIpc) is 2.96. The quantitative estimate of drug-likeness (QED) is 0.630. The summed E-state index contributed by atoms with van der Waals surface area (Å²) < 4.78 is 1.52. The molecule has 2 rings (SSSR count). The van der Waals surface area contributed by atoms with Crippen LogP contribution in [0.15, 0.2) is 24.5 Å². The number of carbonyl (C=O) groups is 1. The molecule has 0 saturated carbocycles. The smallest absolute Gasteiger partial charge is 0.287 e. The minimum Gasteiger partial charge on any atom is -0.337 e. The molecule has 18 heavy (non-hydrogen) atoms. The van der Waals surface area contributed by atoms with Crippen molar-refractivity contribution in [2.24, 2.45) is 0 Å². The van der Waals surface area contributed by atoms with Gasteiger partial charge in [0.1, 0.15) is 11.5 Å². The molecule has 0 aliphatic heterocycles. The predicted molar refractivity (Wildman–Crippen MR) is 63.3 cm³/mol. The molecule has 2 N–H and O–H groups in total. The molecule has 1 amide bonds. The Hall–Kier alpha value is -2.64. The van der Waals surface area contributed by atoms with Gasteiger partial charge >= 0.3 is 0 Å². The average molecular weight is 249 g/mol. The molecule has 94 valence electrons.